The normalized spacial score (nSPS) is 19.3. The summed E-state index contributed by atoms with van der Waals surface area (Å²) in [5.41, 5.74) is 0.351. The molecule has 0 bridgehead atoms. The van der Waals surface area contributed by atoms with E-state index in [1.54, 1.807) is 6.92 Å². The van der Waals surface area contributed by atoms with Crippen LogP contribution in [0.25, 0.3) is 22.2 Å². The van der Waals surface area contributed by atoms with Crippen molar-refractivity contribution < 1.29 is 23.0 Å². The zero-order valence-electron chi connectivity index (χ0n) is 12.1. The van der Waals surface area contributed by atoms with Gasteiger partial charge in [0.15, 0.2) is 5.60 Å². The molecule has 0 radical (unpaired) electrons. The fourth-order valence-corrected chi connectivity index (χ4v) is 3.16. The monoisotopic (exact) mass is 319 g/mol. The van der Waals surface area contributed by atoms with Crippen LogP contribution in [0, 0.1) is 17.5 Å². The van der Waals surface area contributed by atoms with Crippen molar-refractivity contribution in [2.45, 2.75) is 12.5 Å². The topological polar surface area (TPSA) is 45.2 Å². The smallest absolute Gasteiger partial charge is 0.157 e. The quantitative estimate of drug-likeness (QED) is 0.715. The minimum atomic E-state index is -1.24. The van der Waals surface area contributed by atoms with Crippen molar-refractivity contribution in [1.82, 2.24) is 4.98 Å². The summed E-state index contributed by atoms with van der Waals surface area (Å²) in [6.45, 7) is 1.16. The SMILES string of the molecule is CC1(CO)Oc2cc(F)ccc2-c2[nH]c3c(F)cc(F)cc3c21. The Labute approximate surface area is 129 Å². The fraction of sp³-hybridized carbons (Fsp3) is 0.176. The fourth-order valence-electron chi connectivity index (χ4n) is 3.16. The molecule has 4 rings (SSSR count). The van der Waals surface area contributed by atoms with E-state index in [1.807, 2.05) is 0 Å². The van der Waals surface area contributed by atoms with Gasteiger partial charge in [0.1, 0.15) is 23.2 Å². The zero-order chi connectivity index (χ0) is 16.4. The van der Waals surface area contributed by atoms with E-state index in [1.165, 1.54) is 24.3 Å². The molecule has 0 amide bonds. The van der Waals surface area contributed by atoms with Crippen LogP contribution in [0.4, 0.5) is 13.2 Å². The molecule has 1 unspecified atom stereocenters. The van der Waals surface area contributed by atoms with Gasteiger partial charge in [-0.3, -0.25) is 0 Å². The molecule has 1 atom stereocenters. The Morgan fingerprint density at radius 3 is 2.65 bits per heavy atom. The molecule has 23 heavy (non-hydrogen) atoms. The van der Waals surface area contributed by atoms with Gasteiger partial charge in [-0.05, 0) is 25.1 Å². The lowest BCUT2D eigenvalue weighted by Gasteiger charge is -2.34. The second-order valence-corrected chi connectivity index (χ2v) is 5.82. The number of aliphatic hydroxyl groups is 1. The molecule has 2 heterocycles. The number of halogens is 3. The molecule has 3 aromatic rings. The number of hydrogen-bond acceptors (Lipinski definition) is 2. The van der Waals surface area contributed by atoms with Crippen LogP contribution >= 0.6 is 0 Å². The number of nitrogens with one attached hydrogen (secondary N) is 1. The first-order valence-electron chi connectivity index (χ1n) is 7.04. The second-order valence-electron chi connectivity index (χ2n) is 5.82. The lowest BCUT2D eigenvalue weighted by molar-refractivity contribution is 0.0205. The summed E-state index contributed by atoms with van der Waals surface area (Å²) in [7, 11) is 0. The van der Waals surface area contributed by atoms with Gasteiger partial charge in [-0.25, -0.2) is 13.2 Å². The Morgan fingerprint density at radius 1 is 1.13 bits per heavy atom. The van der Waals surface area contributed by atoms with Gasteiger partial charge >= 0.3 is 0 Å². The number of aromatic amines is 1. The van der Waals surface area contributed by atoms with Crippen LogP contribution in [0.15, 0.2) is 30.3 Å². The summed E-state index contributed by atoms with van der Waals surface area (Å²) >= 11 is 0. The number of hydrogen-bond donors (Lipinski definition) is 2. The van der Waals surface area contributed by atoms with Crippen LogP contribution < -0.4 is 4.74 Å². The maximum Gasteiger partial charge on any atom is 0.157 e. The van der Waals surface area contributed by atoms with E-state index >= 15 is 0 Å². The van der Waals surface area contributed by atoms with Crippen molar-refractivity contribution in [1.29, 1.82) is 0 Å². The third-order valence-electron chi connectivity index (χ3n) is 4.20. The Kier molecular flexibility index (Phi) is 2.78. The van der Waals surface area contributed by atoms with Crippen LogP contribution in [-0.2, 0) is 5.60 Å². The minimum Gasteiger partial charge on any atom is -0.480 e. The van der Waals surface area contributed by atoms with E-state index in [0.29, 0.717) is 22.2 Å². The van der Waals surface area contributed by atoms with Gasteiger partial charge in [0.25, 0.3) is 0 Å². The molecule has 0 spiro atoms. The number of ether oxygens (including phenoxy) is 1. The van der Waals surface area contributed by atoms with E-state index in [2.05, 4.69) is 4.98 Å². The molecule has 0 saturated carbocycles. The van der Waals surface area contributed by atoms with Crippen LogP contribution in [0.3, 0.4) is 0 Å². The molecule has 3 nitrogen and oxygen atoms in total. The first kappa shape index (κ1) is 14.1. The van der Waals surface area contributed by atoms with Crippen molar-refractivity contribution in [3.05, 3.63) is 53.3 Å². The van der Waals surface area contributed by atoms with Crippen LogP contribution in [0.2, 0.25) is 0 Å². The van der Waals surface area contributed by atoms with E-state index in [0.717, 1.165) is 6.07 Å². The minimum absolute atomic E-state index is 0.122. The predicted octanol–water partition coefficient (Wildman–Crippen LogP) is 3.85. The van der Waals surface area contributed by atoms with Crippen molar-refractivity contribution in [2.75, 3.05) is 6.61 Å². The Hall–Kier alpha value is -2.47. The highest BCUT2D eigenvalue weighted by molar-refractivity contribution is 5.94. The molecule has 0 fully saturated rings. The summed E-state index contributed by atoms with van der Waals surface area (Å²) < 4.78 is 47.0. The molecule has 0 saturated heterocycles. The predicted molar refractivity (Wildman–Crippen MR) is 78.7 cm³/mol. The second kappa shape index (κ2) is 4.52. The highest BCUT2D eigenvalue weighted by Gasteiger charge is 2.40. The molecular formula is C17H12F3NO2. The van der Waals surface area contributed by atoms with Crippen molar-refractivity contribution in [3.63, 3.8) is 0 Å². The average molecular weight is 319 g/mol. The van der Waals surface area contributed by atoms with Gasteiger partial charge in [0.2, 0.25) is 0 Å². The van der Waals surface area contributed by atoms with Gasteiger partial charge in [0.05, 0.1) is 17.8 Å². The molecule has 2 aromatic carbocycles. The lowest BCUT2D eigenvalue weighted by Crippen LogP contribution is -2.36. The third-order valence-corrected chi connectivity index (χ3v) is 4.20. The average Bonchev–Trinajstić information content (AvgIpc) is 2.88. The zero-order valence-corrected chi connectivity index (χ0v) is 12.1. The molecule has 1 aliphatic rings. The summed E-state index contributed by atoms with van der Waals surface area (Å²) in [5.74, 6) is -1.71. The number of rotatable bonds is 1. The molecule has 6 heteroatoms. The van der Waals surface area contributed by atoms with E-state index in [9.17, 15) is 18.3 Å². The maximum atomic E-state index is 14.1. The Balaban J connectivity index is 2.14. The van der Waals surface area contributed by atoms with Gasteiger partial charge < -0.3 is 14.8 Å². The van der Waals surface area contributed by atoms with Crippen LogP contribution in [-0.4, -0.2) is 16.7 Å². The van der Waals surface area contributed by atoms with Crippen molar-refractivity contribution in [2.24, 2.45) is 0 Å². The lowest BCUT2D eigenvalue weighted by atomic mass is 9.88. The number of benzene rings is 2. The van der Waals surface area contributed by atoms with E-state index in [4.69, 9.17) is 4.74 Å². The molecule has 1 aromatic heterocycles. The highest BCUT2D eigenvalue weighted by atomic mass is 19.1. The standard InChI is InChI=1S/C17H12F3NO2/c1-17(7-22)14-11-4-9(19)5-12(20)15(11)21-16(14)10-3-2-8(18)6-13(10)23-17/h2-6,21-22H,7H2,1H3. The summed E-state index contributed by atoms with van der Waals surface area (Å²) in [5, 5.41) is 10.1. The molecule has 2 N–H and O–H groups in total. The maximum absolute atomic E-state index is 14.1. The van der Waals surface area contributed by atoms with Gasteiger partial charge in [0, 0.05) is 28.6 Å². The first-order chi connectivity index (χ1) is 10.9. The first-order valence-corrected chi connectivity index (χ1v) is 7.04. The highest BCUT2D eigenvalue weighted by Crippen LogP contribution is 2.48. The van der Waals surface area contributed by atoms with E-state index in [-0.39, 0.29) is 11.3 Å². The van der Waals surface area contributed by atoms with Gasteiger partial charge in [-0.15, -0.1) is 0 Å². The van der Waals surface area contributed by atoms with Crippen molar-refractivity contribution in [3.8, 4) is 17.0 Å². The van der Waals surface area contributed by atoms with E-state index < -0.39 is 29.7 Å². The molecule has 0 aliphatic carbocycles. The number of fused-ring (bicyclic) bond motifs is 5. The van der Waals surface area contributed by atoms with Crippen molar-refractivity contribution >= 4 is 10.9 Å². The molecule has 118 valence electrons. The summed E-state index contributed by atoms with van der Waals surface area (Å²) in [6, 6.07) is 5.95. The molecular weight excluding hydrogens is 307 g/mol. The van der Waals surface area contributed by atoms with Gasteiger partial charge in [-0.1, -0.05) is 0 Å². The number of aliphatic hydroxyl groups excluding tert-OH is 1. The summed E-state index contributed by atoms with van der Waals surface area (Å²) in [6.07, 6.45) is 0. The largest absolute Gasteiger partial charge is 0.480 e. The third kappa shape index (κ3) is 1.88. The van der Waals surface area contributed by atoms with Crippen LogP contribution in [0.1, 0.15) is 12.5 Å². The molecule has 1 aliphatic heterocycles. The summed E-state index contributed by atoms with van der Waals surface area (Å²) in [4.78, 5) is 2.92. The number of H-pyrrole nitrogens is 1. The van der Waals surface area contributed by atoms with Gasteiger partial charge in [-0.2, -0.15) is 0 Å². The Bertz CT molecular complexity index is 951. The van der Waals surface area contributed by atoms with Crippen LogP contribution in [0.5, 0.6) is 5.75 Å². The number of aromatic nitrogens is 1. The Morgan fingerprint density at radius 2 is 1.91 bits per heavy atom.